The van der Waals surface area contributed by atoms with E-state index in [1.165, 1.54) is 6.92 Å². The van der Waals surface area contributed by atoms with Gasteiger partial charge < -0.3 is 4.90 Å². The highest BCUT2D eigenvalue weighted by atomic mass is 35.5. The molecule has 2 aliphatic rings. The molecule has 1 fully saturated rings. The molecule has 2 heterocycles. The molecule has 4 rings (SSSR count). The zero-order chi connectivity index (χ0) is 20.1. The van der Waals surface area contributed by atoms with E-state index in [1.54, 1.807) is 24.3 Å². The van der Waals surface area contributed by atoms with Crippen LogP contribution in [-0.2, 0) is 4.79 Å². The molecule has 138 valence electrons. The maximum atomic E-state index is 12.8. The van der Waals surface area contributed by atoms with Gasteiger partial charge in [-0.05, 0) is 48.4 Å². The van der Waals surface area contributed by atoms with Gasteiger partial charge in [-0.3, -0.25) is 4.79 Å². The van der Waals surface area contributed by atoms with Crippen LogP contribution in [0.25, 0.3) is 6.08 Å². The van der Waals surface area contributed by atoms with Crippen molar-refractivity contribution in [2.24, 2.45) is 5.41 Å². The zero-order valence-corrected chi connectivity index (χ0v) is 16.4. The Kier molecular flexibility index (Phi) is 4.42. The number of nitrogens with zero attached hydrogens (tertiary/aromatic N) is 3. The van der Waals surface area contributed by atoms with Gasteiger partial charge in [-0.2, -0.15) is 10.5 Å². The SMILES string of the molecule is CC(=O)[C@@H]1[C@@H](c2cccc(Cl)c2)C(C#N)(C#N)[C@H]2C=Cc3cc(Cl)ccc3N12. The summed E-state index contributed by atoms with van der Waals surface area (Å²) in [4.78, 5) is 14.7. The van der Waals surface area contributed by atoms with Gasteiger partial charge in [0.2, 0.25) is 0 Å². The average Bonchev–Trinajstić information content (AvgIpc) is 2.98. The second kappa shape index (κ2) is 6.67. The van der Waals surface area contributed by atoms with Crippen LogP contribution in [0, 0.1) is 28.1 Å². The molecule has 0 bridgehead atoms. The molecule has 2 aromatic carbocycles. The Hall–Kier alpha value is -2.79. The average molecular weight is 408 g/mol. The maximum Gasteiger partial charge on any atom is 0.176 e. The van der Waals surface area contributed by atoms with Crippen molar-refractivity contribution in [3.63, 3.8) is 0 Å². The van der Waals surface area contributed by atoms with Crippen molar-refractivity contribution in [2.45, 2.75) is 24.9 Å². The number of benzene rings is 2. The van der Waals surface area contributed by atoms with Crippen LogP contribution in [0.4, 0.5) is 5.69 Å². The molecule has 0 spiro atoms. The summed E-state index contributed by atoms with van der Waals surface area (Å²) in [5.74, 6) is -0.756. The second-order valence-electron chi connectivity index (χ2n) is 7.10. The van der Waals surface area contributed by atoms with Crippen molar-refractivity contribution >= 4 is 40.7 Å². The van der Waals surface area contributed by atoms with E-state index in [4.69, 9.17) is 23.2 Å². The summed E-state index contributed by atoms with van der Waals surface area (Å²) < 4.78 is 0. The number of rotatable bonds is 2. The van der Waals surface area contributed by atoms with Crippen molar-refractivity contribution in [3.05, 3.63) is 69.7 Å². The number of Topliss-reactive ketones (excluding diaryl/α,β-unsaturated/α-hetero) is 1. The fourth-order valence-electron chi connectivity index (χ4n) is 4.49. The van der Waals surface area contributed by atoms with Gasteiger partial charge in [0.25, 0.3) is 0 Å². The second-order valence-corrected chi connectivity index (χ2v) is 7.97. The Labute approximate surface area is 173 Å². The van der Waals surface area contributed by atoms with Crippen LogP contribution in [0.1, 0.15) is 24.0 Å². The van der Waals surface area contributed by atoms with Crippen LogP contribution >= 0.6 is 23.2 Å². The van der Waals surface area contributed by atoms with Gasteiger partial charge in [-0.15, -0.1) is 0 Å². The van der Waals surface area contributed by atoms with Gasteiger partial charge in [0.15, 0.2) is 11.2 Å². The molecule has 0 radical (unpaired) electrons. The zero-order valence-electron chi connectivity index (χ0n) is 14.9. The highest BCUT2D eigenvalue weighted by Gasteiger charge is 2.62. The Morgan fingerprint density at radius 2 is 1.82 bits per heavy atom. The van der Waals surface area contributed by atoms with Gasteiger partial charge in [-0.1, -0.05) is 47.5 Å². The molecule has 3 atom stereocenters. The van der Waals surface area contributed by atoms with Crippen LogP contribution in [0.5, 0.6) is 0 Å². The lowest BCUT2D eigenvalue weighted by atomic mass is 9.69. The van der Waals surface area contributed by atoms with E-state index in [9.17, 15) is 15.3 Å². The fraction of sp³-hybridized carbons (Fsp3) is 0.227. The molecule has 28 heavy (non-hydrogen) atoms. The lowest BCUT2D eigenvalue weighted by Crippen LogP contribution is -2.43. The van der Waals surface area contributed by atoms with E-state index in [0.29, 0.717) is 15.6 Å². The first-order valence-electron chi connectivity index (χ1n) is 8.77. The van der Waals surface area contributed by atoms with Crippen molar-refractivity contribution in [1.82, 2.24) is 0 Å². The van der Waals surface area contributed by atoms with Gasteiger partial charge in [-0.25, -0.2) is 0 Å². The maximum absolute atomic E-state index is 12.8. The summed E-state index contributed by atoms with van der Waals surface area (Å²) in [5, 5.41) is 21.4. The summed E-state index contributed by atoms with van der Waals surface area (Å²) in [6, 6.07) is 15.7. The van der Waals surface area contributed by atoms with Crippen LogP contribution in [0.2, 0.25) is 10.0 Å². The molecule has 0 N–H and O–H groups in total. The minimum atomic E-state index is -1.44. The minimum Gasteiger partial charge on any atom is -0.351 e. The topological polar surface area (TPSA) is 67.9 Å². The number of carbonyl (C=O) groups is 1. The van der Waals surface area contributed by atoms with E-state index in [0.717, 1.165) is 11.3 Å². The summed E-state index contributed by atoms with van der Waals surface area (Å²) in [7, 11) is 0. The third-order valence-electron chi connectivity index (χ3n) is 5.59. The van der Waals surface area contributed by atoms with E-state index >= 15 is 0 Å². The normalized spacial score (nSPS) is 24.0. The Balaban J connectivity index is 2.00. The highest BCUT2D eigenvalue weighted by Crippen LogP contribution is 2.55. The van der Waals surface area contributed by atoms with Crippen LogP contribution in [0.3, 0.4) is 0 Å². The first-order valence-corrected chi connectivity index (χ1v) is 9.53. The van der Waals surface area contributed by atoms with E-state index in [2.05, 4.69) is 12.1 Å². The lowest BCUT2D eigenvalue weighted by molar-refractivity contribution is -0.118. The number of fused-ring (bicyclic) bond motifs is 3. The van der Waals surface area contributed by atoms with Gasteiger partial charge in [0, 0.05) is 21.7 Å². The first kappa shape index (κ1) is 18.6. The molecule has 0 saturated carbocycles. The van der Waals surface area contributed by atoms with Crippen molar-refractivity contribution in [1.29, 1.82) is 10.5 Å². The molecule has 2 aromatic rings. The van der Waals surface area contributed by atoms with Gasteiger partial charge >= 0.3 is 0 Å². The summed E-state index contributed by atoms with van der Waals surface area (Å²) in [6.07, 6.45) is 3.69. The molecular weight excluding hydrogens is 393 g/mol. The largest absolute Gasteiger partial charge is 0.351 e. The van der Waals surface area contributed by atoms with Crippen LogP contribution in [-0.4, -0.2) is 17.9 Å². The first-order chi connectivity index (χ1) is 13.4. The number of hydrogen-bond donors (Lipinski definition) is 0. The summed E-state index contributed by atoms with van der Waals surface area (Å²) in [5.41, 5.74) is 0.909. The standard InChI is InChI=1S/C22H15Cl2N3O/c1-13(28)21-20(15-3-2-4-16(23)10-15)22(11-25,12-26)19-8-5-14-9-17(24)6-7-18(14)27(19)21/h2-10,19-21H,1H3/t19-,20-,21-/m1/s1. The monoisotopic (exact) mass is 407 g/mol. The highest BCUT2D eigenvalue weighted by molar-refractivity contribution is 6.31. The molecule has 6 heteroatoms. The molecule has 0 amide bonds. The third kappa shape index (κ3) is 2.53. The van der Waals surface area contributed by atoms with Crippen LogP contribution < -0.4 is 4.90 Å². The minimum absolute atomic E-state index is 0.112. The van der Waals surface area contributed by atoms with E-state index in [-0.39, 0.29) is 5.78 Å². The number of anilines is 1. The summed E-state index contributed by atoms with van der Waals surface area (Å²) in [6.45, 7) is 1.50. The molecular formula is C22H15Cl2N3O. The fourth-order valence-corrected chi connectivity index (χ4v) is 4.87. The van der Waals surface area contributed by atoms with E-state index < -0.39 is 23.4 Å². The number of halogens is 2. The molecule has 1 saturated heterocycles. The molecule has 2 aliphatic heterocycles. The number of carbonyl (C=O) groups excluding carboxylic acids is 1. The molecule has 0 unspecified atom stereocenters. The Morgan fingerprint density at radius 3 is 2.46 bits per heavy atom. The number of ketones is 1. The van der Waals surface area contributed by atoms with Gasteiger partial charge in [0.1, 0.15) is 0 Å². The predicted octanol–water partition coefficient (Wildman–Crippen LogP) is 4.98. The number of hydrogen-bond acceptors (Lipinski definition) is 4. The molecule has 0 aliphatic carbocycles. The van der Waals surface area contributed by atoms with Crippen LogP contribution in [0.15, 0.2) is 48.5 Å². The van der Waals surface area contributed by atoms with Crippen molar-refractivity contribution in [3.8, 4) is 12.1 Å². The Morgan fingerprint density at radius 1 is 1.11 bits per heavy atom. The molecule has 0 aromatic heterocycles. The van der Waals surface area contributed by atoms with Gasteiger partial charge in [0.05, 0.1) is 24.2 Å². The number of nitriles is 2. The Bertz CT molecular complexity index is 1080. The van der Waals surface area contributed by atoms with Crippen molar-refractivity contribution in [2.75, 3.05) is 4.90 Å². The van der Waals surface area contributed by atoms with E-state index in [1.807, 2.05) is 35.3 Å². The van der Waals surface area contributed by atoms with Crippen molar-refractivity contribution < 1.29 is 4.79 Å². The molecule has 4 nitrogen and oxygen atoms in total. The summed E-state index contributed by atoms with van der Waals surface area (Å²) >= 11 is 12.3. The quantitative estimate of drug-likeness (QED) is 0.703. The smallest absolute Gasteiger partial charge is 0.176 e. The lowest BCUT2D eigenvalue weighted by Gasteiger charge is -2.35. The third-order valence-corrected chi connectivity index (χ3v) is 6.06. The predicted molar refractivity (Wildman–Crippen MR) is 109 cm³/mol.